The van der Waals surface area contributed by atoms with Gasteiger partial charge in [0, 0.05) is 18.8 Å². The largest absolute Gasteiger partial charge is 0.388 e. The van der Waals surface area contributed by atoms with Crippen LogP contribution in [0.2, 0.25) is 5.02 Å². The first-order chi connectivity index (χ1) is 10.1. The Morgan fingerprint density at radius 2 is 1.86 bits per heavy atom. The first-order valence-electron chi connectivity index (χ1n) is 6.47. The van der Waals surface area contributed by atoms with Crippen LogP contribution in [0, 0.1) is 5.82 Å². The Kier molecular flexibility index (Phi) is 3.82. The lowest BCUT2D eigenvalue weighted by molar-refractivity contribution is 0.178. The zero-order chi connectivity index (χ0) is 14.8. The fraction of sp³-hybridized carbons (Fsp3) is 0.125. The third-order valence-electron chi connectivity index (χ3n) is 3.32. The van der Waals surface area contributed by atoms with Gasteiger partial charge in [-0.15, -0.1) is 0 Å². The summed E-state index contributed by atoms with van der Waals surface area (Å²) >= 11 is 5.91. The second-order valence-corrected chi connectivity index (χ2v) is 5.12. The van der Waals surface area contributed by atoms with Crippen LogP contribution in [0.15, 0.2) is 48.8 Å². The molecule has 3 nitrogen and oxygen atoms in total. The number of halogens is 2. The van der Waals surface area contributed by atoms with E-state index >= 15 is 0 Å². The molecule has 1 unspecified atom stereocenters. The highest BCUT2D eigenvalue weighted by atomic mass is 35.5. The molecule has 3 rings (SSSR count). The molecule has 21 heavy (non-hydrogen) atoms. The molecule has 0 spiro atoms. The standard InChI is InChI=1S/C16H12ClFN2O/c17-16-11(2-1-3-12(16)18)9-15(21)10-4-5-13-14(8-10)20-7-6-19-13/h1-8,15,21H,9H2. The van der Waals surface area contributed by atoms with Crippen molar-refractivity contribution >= 4 is 22.6 Å². The Bertz CT molecular complexity index is 794. The van der Waals surface area contributed by atoms with Gasteiger partial charge in [0.1, 0.15) is 5.82 Å². The minimum absolute atomic E-state index is 0.0529. The van der Waals surface area contributed by atoms with Crippen molar-refractivity contribution in [3.8, 4) is 0 Å². The molecule has 1 aromatic heterocycles. The predicted molar refractivity (Wildman–Crippen MR) is 79.6 cm³/mol. The molecule has 0 aliphatic carbocycles. The summed E-state index contributed by atoms with van der Waals surface area (Å²) in [5.74, 6) is -0.481. The lowest BCUT2D eigenvalue weighted by Gasteiger charge is -2.13. The number of hydrogen-bond donors (Lipinski definition) is 1. The number of nitrogens with zero attached hydrogens (tertiary/aromatic N) is 2. The van der Waals surface area contributed by atoms with E-state index in [9.17, 15) is 9.50 Å². The maximum atomic E-state index is 13.4. The summed E-state index contributed by atoms with van der Waals surface area (Å²) in [5, 5.41) is 10.4. The van der Waals surface area contributed by atoms with Crippen molar-refractivity contribution in [1.82, 2.24) is 9.97 Å². The van der Waals surface area contributed by atoms with Crippen molar-refractivity contribution in [3.05, 3.63) is 70.8 Å². The third kappa shape index (κ3) is 2.86. The SMILES string of the molecule is OC(Cc1cccc(F)c1Cl)c1ccc2nccnc2c1. The van der Waals surface area contributed by atoms with Crippen LogP contribution in [0.25, 0.3) is 11.0 Å². The Labute approximate surface area is 126 Å². The number of aliphatic hydroxyl groups is 1. The summed E-state index contributed by atoms with van der Waals surface area (Å²) in [6.07, 6.45) is 2.67. The van der Waals surface area contributed by atoms with Crippen molar-refractivity contribution in [2.24, 2.45) is 0 Å². The highest BCUT2D eigenvalue weighted by Gasteiger charge is 2.13. The Hall–Kier alpha value is -2.04. The van der Waals surface area contributed by atoms with Gasteiger partial charge in [0.15, 0.2) is 0 Å². The van der Waals surface area contributed by atoms with E-state index in [0.717, 1.165) is 5.52 Å². The summed E-state index contributed by atoms with van der Waals surface area (Å²) in [6.45, 7) is 0. The quantitative estimate of drug-likeness (QED) is 0.802. The number of hydrogen-bond acceptors (Lipinski definition) is 3. The summed E-state index contributed by atoms with van der Waals surface area (Å²) < 4.78 is 13.4. The molecule has 0 saturated carbocycles. The smallest absolute Gasteiger partial charge is 0.142 e. The molecule has 1 atom stereocenters. The zero-order valence-corrected chi connectivity index (χ0v) is 11.8. The van der Waals surface area contributed by atoms with Gasteiger partial charge >= 0.3 is 0 Å². The average Bonchev–Trinajstić information content (AvgIpc) is 2.51. The van der Waals surface area contributed by atoms with Gasteiger partial charge in [-0.2, -0.15) is 0 Å². The number of benzene rings is 2. The predicted octanol–water partition coefficient (Wildman–Crippen LogP) is 3.70. The molecule has 0 amide bonds. The van der Waals surface area contributed by atoms with Crippen LogP contribution in [-0.4, -0.2) is 15.1 Å². The van der Waals surface area contributed by atoms with Gasteiger partial charge in [-0.3, -0.25) is 9.97 Å². The molecular weight excluding hydrogens is 291 g/mol. The molecule has 3 aromatic rings. The van der Waals surface area contributed by atoms with Gasteiger partial charge in [0.2, 0.25) is 0 Å². The van der Waals surface area contributed by atoms with E-state index in [1.54, 1.807) is 42.7 Å². The molecule has 0 aliphatic heterocycles. The summed E-state index contributed by atoms with van der Waals surface area (Å²) in [6, 6.07) is 9.94. The molecule has 1 N–H and O–H groups in total. The topological polar surface area (TPSA) is 46.0 Å². The molecule has 1 heterocycles. The number of aliphatic hydroxyl groups excluding tert-OH is 1. The van der Waals surface area contributed by atoms with Crippen molar-refractivity contribution in [2.75, 3.05) is 0 Å². The maximum absolute atomic E-state index is 13.4. The van der Waals surface area contributed by atoms with Crippen LogP contribution < -0.4 is 0 Å². The van der Waals surface area contributed by atoms with E-state index in [-0.39, 0.29) is 11.4 Å². The van der Waals surface area contributed by atoms with Gasteiger partial charge in [0.05, 0.1) is 22.2 Å². The van der Waals surface area contributed by atoms with Gasteiger partial charge in [0.25, 0.3) is 0 Å². The van der Waals surface area contributed by atoms with Crippen LogP contribution in [-0.2, 0) is 6.42 Å². The number of aromatic nitrogens is 2. The van der Waals surface area contributed by atoms with Crippen LogP contribution >= 0.6 is 11.6 Å². The van der Waals surface area contributed by atoms with E-state index in [2.05, 4.69) is 9.97 Å². The Morgan fingerprint density at radius 1 is 1.10 bits per heavy atom. The van der Waals surface area contributed by atoms with Gasteiger partial charge in [-0.1, -0.05) is 29.8 Å². The molecular formula is C16H12ClFN2O. The van der Waals surface area contributed by atoms with Gasteiger partial charge in [-0.25, -0.2) is 4.39 Å². The fourth-order valence-corrected chi connectivity index (χ4v) is 2.42. The second-order valence-electron chi connectivity index (χ2n) is 4.74. The normalized spacial score (nSPS) is 12.5. The van der Waals surface area contributed by atoms with Crippen molar-refractivity contribution in [1.29, 1.82) is 0 Å². The molecule has 0 saturated heterocycles. The monoisotopic (exact) mass is 302 g/mol. The molecule has 0 fully saturated rings. The Morgan fingerprint density at radius 3 is 2.67 bits per heavy atom. The van der Waals surface area contributed by atoms with E-state index in [1.165, 1.54) is 6.07 Å². The van der Waals surface area contributed by atoms with E-state index < -0.39 is 11.9 Å². The lowest BCUT2D eigenvalue weighted by Crippen LogP contribution is -2.03. The second kappa shape index (κ2) is 5.76. The number of fused-ring (bicyclic) bond motifs is 1. The van der Waals surface area contributed by atoms with E-state index in [0.29, 0.717) is 16.6 Å². The zero-order valence-electron chi connectivity index (χ0n) is 11.0. The average molecular weight is 303 g/mol. The molecule has 0 aliphatic rings. The van der Waals surface area contributed by atoms with Crippen molar-refractivity contribution < 1.29 is 9.50 Å². The summed E-state index contributed by atoms with van der Waals surface area (Å²) in [5.41, 5.74) is 2.74. The molecule has 0 radical (unpaired) electrons. The number of rotatable bonds is 3. The summed E-state index contributed by atoms with van der Waals surface area (Å²) in [7, 11) is 0. The minimum atomic E-state index is -0.782. The van der Waals surface area contributed by atoms with E-state index in [1.807, 2.05) is 0 Å². The first-order valence-corrected chi connectivity index (χ1v) is 6.84. The molecule has 2 aromatic carbocycles. The highest BCUT2D eigenvalue weighted by Crippen LogP contribution is 2.26. The van der Waals surface area contributed by atoms with Gasteiger partial charge < -0.3 is 5.11 Å². The van der Waals surface area contributed by atoms with Crippen LogP contribution in [0.3, 0.4) is 0 Å². The molecule has 106 valence electrons. The van der Waals surface area contributed by atoms with Crippen LogP contribution in [0.5, 0.6) is 0 Å². The highest BCUT2D eigenvalue weighted by molar-refractivity contribution is 6.31. The fourth-order valence-electron chi connectivity index (χ4n) is 2.22. The van der Waals surface area contributed by atoms with Crippen LogP contribution in [0.1, 0.15) is 17.2 Å². The molecule has 0 bridgehead atoms. The molecule has 5 heteroatoms. The first kappa shape index (κ1) is 13.9. The Balaban J connectivity index is 1.89. The summed E-state index contributed by atoms with van der Waals surface area (Å²) in [4.78, 5) is 8.38. The maximum Gasteiger partial charge on any atom is 0.142 e. The van der Waals surface area contributed by atoms with Crippen molar-refractivity contribution in [3.63, 3.8) is 0 Å². The van der Waals surface area contributed by atoms with Crippen molar-refractivity contribution in [2.45, 2.75) is 12.5 Å². The van der Waals surface area contributed by atoms with Crippen LogP contribution in [0.4, 0.5) is 4.39 Å². The van der Waals surface area contributed by atoms with Gasteiger partial charge in [-0.05, 0) is 29.3 Å². The lowest BCUT2D eigenvalue weighted by atomic mass is 10.0. The third-order valence-corrected chi connectivity index (χ3v) is 3.75. The minimum Gasteiger partial charge on any atom is -0.388 e. The van der Waals surface area contributed by atoms with E-state index in [4.69, 9.17) is 11.6 Å².